The third kappa shape index (κ3) is 3.00. The summed E-state index contributed by atoms with van der Waals surface area (Å²) >= 11 is 0. The predicted molar refractivity (Wildman–Crippen MR) is 89.5 cm³/mol. The van der Waals surface area contributed by atoms with Gasteiger partial charge in [0.2, 0.25) is 0 Å². The fraction of sp³-hybridized carbons (Fsp3) is 0.105. The zero-order chi connectivity index (χ0) is 15.4. The van der Waals surface area contributed by atoms with E-state index >= 15 is 0 Å². The Morgan fingerprint density at radius 2 is 1.64 bits per heavy atom. The van der Waals surface area contributed by atoms with Crippen LogP contribution in [0.5, 0.6) is 5.75 Å². The maximum absolute atomic E-state index is 10.1. The molecule has 2 N–H and O–H groups in total. The first-order valence-corrected chi connectivity index (χ1v) is 7.19. The molecule has 3 heteroatoms. The van der Waals surface area contributed by atoms with Crippen LogP contribution in [0.25, 0.3) is 10.8 Å². The second kappa shape index (κ2) is 6.41. The predicted octanol–water partition coefficient (Wildman–Crippen LogP) is 3.70. The normalized spacial score (nSPS) is 12.8. The zero-order valence-corrected chi connectivity index (χ0v) is 12.1. The molecule has 0 amide bonds. The fourth-order valence-corrected chi connectivity index (χ4v) is 2.44. The highest BCUT2D eigenvalue weighted by Crippen LogP contribution is 2.25. The number of phenolic OH excluding ortho intramolecular Hbond substituents is 1. The van der Waals surface area contributed by atoms with Gasteiger partial charge >= 0.3 is 0 Å². The lowest BCUT2D eigenvalue weighted by molar-refractivity contribution is 0.187. The standard InChI is InChI=1S/C19H17NO2/c21-18-11-10-14-6-4-5-9-16(14)17(18)12-20-13-19(22)15-7-2-1-3-8-15/h1-12,19,21-22H,13H2. The van der Waals surface area contributed by atoms with Crippen molar-refractivity contribution in [1.29, 1.82) is 0 Å². The molecule has 22 heavy (non-hydrogen) atoms. The van der Waals surface area contributed by atoms with Gasteiger partial charge in [0.15, 0.2) is 0 Å². The van der Waals surface area contributed by atoms with Crippen molar-refractivity contribution in [2.45, 2.75) is 6.10 Å². The summed E-state index contributed by atoms with van der Waals surface area (Å²) in [6.45, 7) is 0.257. The van der Waals surface area contributed by atoms with E-state index < -0.39 is 6.10 Å². The molecule has 0 saturated heterocycles. The Morgan fingerprint density at radius 1 is 0.909 bits per heavy atom. The molecule has 3 aromatic carbocycles. The minimum absolute atomic E-state index is 0.191. The number of aliphatic hydroxyl groups excluding tert-OH is 1. The summed E-state index contributed by atoms with van der Waals surface area (Å²) in [6, 6.07) is 20.8. The van der Waals surface area contributed by atoms with E-state index in [-0.39, 0.29) is 12.3 Å². The molecular formula is C19H17NO2. The van der Waals surface area contributed by atoms with Gasteiger partial charge < -0.3 is 10.2 Å². The highest BCUT2D eigenvalue weighted by molar-refractivity contribution is 6.02. The van der Waals surface area contributed by atoms with Crippen LogP contribution < -0.4 is 0 Å². The van der Waals surface area contributed by atoms with Crippen molar-refractivity contribution < 1.29 is 10.2 Å². The SMILES string of the molecule is Oc1ccc2ccccc2c1C=NCC(O)c1ccccc1. The second-order valence-corrected chi connectivity index (χ2v) is 5.14. The highest BCUT2D eigenvalue weighted by Gasteiger charge is 2.06. The number of nitrogens with zero attached hydrogens (tertiary/aromatic N) is 1. The molecule has 1 unspecified atom stereocenters. The number of hydrogen-bond donors (Lipinski definition) is 2. The van der Waals surface area contributed by atoms with E-state index in [2.05, 4.69) is 4.99 Å². The third-order valence-electron chi connectivity index (χ3n) is 3.63. The zero-order valence-electron chi connectivity index (χ0n) is 12.1. The molecule has 0 aliphatic carbocycles. The highest BCUT2D eigenvalue weighted by atomic mass is 16.3. The van der Waals surface area contributed by atoms with Crippen molar-refractivity contribution in [3.8, 4) is 5.75 Å². The Kier molecular flexibility index (Phi) is 4.17. The van der Waals surface area contributed by atoms with E-state index in [0.717, 1.165) is 16.3 Å². The molecule has 0 bridgehead atoms. The van der Waals surface area contributed by atoms with Crippen molar-refractivity contribution >= 4 is 17.0 Å². The third-order valence-corrected chi connectivity index (χ3v) is 3.63. The number of aliphatic imine (C=N–C) groups is 1. The van der Waals surface area contributed by atoms with E-state index in [1.165, 1.54) is 0 Å². The Bertz CT molecular complexity index is 797. The lowest BCUT2D eigenvalue weighted by atomic mass is 10.0. The maximum Gasteiger partial charge on any atom is 0.124 e. The molecule has 110 valence electrons. The summed E-state index contributed by atoms with van der Waals surface area (Å²) < 4.78 is 0. The smallest absolute Gasteiger partial charge is 0.124 e. The van der Waals surface area contributed by atoms with E-state index in [9.17, 15) is 10.2 Å². The van der Waals surface area contributed by atoms with Gasteiger partial charge in [0.05, 0.1) is 12.6 Å². The Morgan fingerprint density at radius 3 is 2.45 bits per heavy atom. The van der Waals surface area contributed by atoms with Crippen LogP contribution in [0.4, 0.5) is 0 Å². The topological polar surface area (TPSA) is 52.8 Å². The summed E-state index contributed by atoms with van der Waals surface area (Å²) in [4.78, 5) is 4.29. The minimum atomic E-state index is -0.644. The summed E-state index contributed by atoms with van der Waals surface area (Å²) in [5, 5.41) is 22.1. The van der Waals surface area contributed by atoms with Crippen molar-refractivity contribution in [2.24, 2.45) is 4.99 Å². The van der Waals surface area contributed by atoms with Gasteiger partial charge in [-0.2, -0.15) is 0 Å². The van der Waals surface area contributed by atoms with Crippen LogP contribution in [0.3, 0.4) is 0 Å². The summed E-state index contributed by atoms with van der Waals surface area (Å²) in [5.74, 6) is 0.191. The molecule has 3 aromatic rings. The van der Waals surface area contributed by atoms with Crippen LogP contribution >= 0.6 is 0 Å². The lowest BCUT2D eigenvalue weighted by Crippen LogP contribution is -2.01. The van der Waals surface area contributed by atoms with Crippen LogP contribution in [0.15, 0.2) is 71.7 Å². The average Bonchev–Trinajstić information content (AvgIpc) is 2.57. The van der Waals surface area contributed by atoms with Gasteiger partial charge in [0.25, 0.3) is 0 Å². The van der Waals surface area contributed by atoms with Gasteiger partial charge in [-0.3, -0.25) is 4.99 Å². The molecule has 0 fully saturated rings. The first kappa shape index (κ1) is 14.3. The summed E-state index contributed by atoms with van der Waals surface area (Å²) in [7, 11) is 0. The van der Waals surface area contributed by atoms with E-state index in [4.69, 9.17) is 0 Å². The average molecular weight is 291 g/mol. The molecule has 0 radical (unpaired) electrons. The van der Waals surface area contributed by atoms with Crippen LogP contribution in [-0.4, -0.2) is 23.0 Å². The number of benzene rings is 3. The summed E-state index contributed by atoms with van der Waals surface area (Å²) in [5.41, 5.74) is 1.51. The molecular weight excluding hydrogens is 274 g/mol. The summed E-state index contributed by atoms with van der Waals surface area (Å²) in [6.07, 6.45) is 0.985. The van der Waals surface area contributed by atoms with Gasteiger partial charge in [-0.25, -0.2) is 0 Å². The van der Waals surface area contributed by atoms with Crippen LogP contribution in [0.2, 0.25) is 0 Å². The Labute approximate surface area is 129 Å². The number of aliphatic hydroxyl groups is 1. The Balaban J connectivity index is 1.83. The van der Waals surface area contributed by atoms with Crippen molar-refractivity contribution in [1.82, 2.24) is 0 Å². The molecule has 1 atom stereocenters. The van der Waals surface area contributed by atoms with Crippen LogP contribution in [0.1, 0.15) is 17.2 Å². The van der Waals surface area contributed by atoms with Crippen molar-refractivity contribution in [3.05, 3.63) is 77.9 Å². The monoisotopic (exact) mass is 291 g/mol. The molecule has 0 spiro atoms. The number of rotatable bonds is 4. The van der Waals surface area contributed by atoms with Crippen LogP contribution in [-0.2, 0) is 0 Å². The molecule has 3 nitrogen and oxygen atoms in total. The maximum atomic E-state index is 10.1. The van der Waals surface area contributed by atoms with Gasteiger partial charge in [-0.15, -0.1) is 0 Å². The second-order valence-electron chi connectivity index (χ2n) is 5.14. The van der Waals surface area contributed by atoms with Gasteiger partial charge in [-0.05, 0) is 22.4 Å². The van der Waals surface area contributed by atoms with Crippen molar-refractivity contribution in [2.75, 3.05) is 6.54 Å². The fourth-order valence-electron chi connectivity index (χ4n) is 2.44. The van der Waals surface area contributed by atoms with Gasteiger partial charge in [0, 0.05) is 11.8 Å². The number of phenols is 1. The van der Waals surface area contributed by atoms with Gasteiger partial charge in [-0.1, -0.05) is 60.7 Å². The molecule has 0 aromatic heterocycles. The van der Waals surface area contributed by atoms with E-state index in [0.29, 0.717) is 5.56 Å². The number of hydrogen-bond acceptors (Lipinski definition) is 3. The molecule has 0 aliphatic rings. The van der Waals surface area contributed by atoms with E-state index in [1.807, 2.05) is 60.7 Å². The molecule has 0 heterocycles. The lowest BCUT2D eigenvalue weighted by Gasteiger charge is -2.08. The minimum Gasteiger partial charge on any atom is -0.507 e. The quantitative estimate of drug-likeness (QED) is 0.720. The van der Waals surface area contributed by atoms with Crippen molar-refractivity contribution in [3.63, 3.8) is 0 Å². The first-order chi connectivity index (χ1) is 10.8. The molecule has 0 saturated carbocycles. The first-order valence-electron chi connectivity index (χ1n) is 7.19. The van der Waals surface area contributed by atoms with E-state index in [1.54, 1.807) is 12.3 Å². The molecule has 0 aliphatic heterocycles. The van der Waals surface area contributed by atoms with Gasteiger partial charge in [0.1, 0.15) is 5.75 Å². The largest absolute Gasteiger partial charge is 0.507 e. The number of aromatic hydroxyl groups is 1. The Hall–Kier alpha value is -2.65. The number of fused-ring (bicyclic) bond motifs is 1. The van der Waals surface area contributed by atoms with Crippen LogP contribution in [0, 0.1) is 0 Å². The molecule has 3 rings (SSSR count).